The molecule has 0 aromatic heterocycles. The van der Waals surface area contributed by atoms with Gasteiger partial charge in [0, 0.05) is 5.92 Å². The number of ether oxygens (including phenoxy) is 1. The summed E-state index contributed by atoms with van der Waals surface area (Å²) in [5, 5.41) is 10.4. The molecule has 1 aliphatic heterocycles. The number of carbonyl (C=O) groups excluding carboxylic acids is 1. The molecule has 0 unspecified atom stereocenters. The lowest BCUT2D eigenvalue weighted by Crippen LogP contribution is -2.22. The Morgan fingerprint density at radius 3 is 2.90 bits per heavy atom. The van der Waals surface area contributed by atoms with Gasteiger partial charge in [-0.25, -0.2) is 0 Å². The second-order valence-corrected chi connectivity index (χ2v) is 6.86. The molecule has 20 heavy (non-hydrogen) atoms. The van der Waals surface area contributed by atoms with Gasteiger partial charge in [-0.1, -0.05) is 45.3 Å². The zero-order chi connectivity index (χ0) is 14.8. The number of unbranched alkanes of at least 4 members (excludes halogenated alkanes) is 2. The van der Waals surface area contributed by atoms with E-state index in [0.717, 1.165) is 25.7 Å². The molecule has 0 aromatic carbocycles. The van der Waals surface area contributed by atoms with Crippen LogP contribution in [0.5, 0.6) is 0 Å². The van der Waals surface area contributed by atoms with Gasteiger partial charge in [-0.2, -0.15) is 0 Å². The quantitative estimate of drug-likeness (QED) is 0.460. The molecule has 0 aromatic rings. The van der Waals surface area contributed by atoms with Crippen molar-refractivity contribution in [1.82, 2.24) is 0 Å². The van der Waals surface area contributed by atoms with E-state index in [1.165, 1.54) is 6.42 Å². The summed E-state index contributed by atoms with van der Waals surface area (Å²) < 4.78 is 5.36. The summed E-state index contributed by atoms with van der Waals surface area (Å²) in [6.07, 6.45) is 9.91. The summed E-state index contributed by atoms with van der Waals surface area (Å²) in [6.45, 7) is 6.27. The van der Waals surface area contributed by atoms with Crippen LogP contribution in [0.1, 0.15) is 59.3 Å². The molecule has 0 amide bonds. The number of fused-ring (bicyclic) bond motifs is 1. The van der Waals surface area contributed by atoms with Crippen molar-refractivity contribution in [2.24, 2.45) is 17.8 Å². The molecule has 1 saturated carbocycles. The first-order valence-electron chi connectivity index (χ1n) is 8.04. The monoisotopic (exact) mass is 280 g/mol. The number of hydrogen-bond acceptors (Lipinski definition) is 3. The van der Waals surface area contributed by atoms with Gasteiger partial charge in [0.15, 0.2) is 0 Å². The molecule has 2 aliphatic rings. The first kappa shape index (κ1) is 15.6. The molecule has 1 saturated heterocycles. The minimum atomic E-state index is -0.726. The minimum absolute atomic E-state index is 0.0556. The molecule has 0 radical (unpaired) electrons. The van der Waals surface area contributed by atoms with Gasteiger partial charge in [0.05, 0.1) is 12.0 Å². The third kappa shape index (κ3) is 3.63. The van der Waals surface area contributed by atoms with Gasteiger partial charge in [-0.05, 0) is 31.6 Å². The van der Waals surface area contributed by atoms with Crippen LogP contribution < -0.4 is 0 Å². The van der Waals surface area contributed by atoms with Gasteiger partial charge in [-0.15, -0.1) is 0 Å². The zero-order valence-electron chi connectivity index (χ0n) is 13.0. The fraction of sp³-hybridized carbons (Fsp3) is 0.824. The lowest BCUT2D eigenvalue weighted by Gasteiger charge is -2.21. The lowest BCUT2D eigenvalue weighted by molar-refractivity contribution is -0.141. The Kier molecular flexibility index (Phi) is 4.90. The van der Waals surface area contributed by atoms with Gasteiger partial charge >= 0.3 is 5.97 Å². The molecule has 1 N–H and O–H groups in total. The van der Waals surface area contributed by atoms with Gasteiger partial charge < -0.3 is 9.84 Å². The van der Waals surface area contributed by atoms with E-state index in [-0.39, 0.29) is 12.1 Å². The van der Waals surface area contributed by atoms with Crippen molar-refractivity contribution >= 4 is 5.97 Å². The van der Waals surface area contributed by atoms with Crippen LogP contribution in [-0.2, 0) is 9.53 Å². The van der Waals surface area contributed by atoms with Crippen molar-refractivity contribution in [2.75, 3.05) is 0 Å². The maximum Gasteiger partial charge on any atom is 0.306 e. The molecule has 1 heterocycles. The van der Waals surface area contributed by atoms with E-state index >= 15 is 0 Å². The first-order chi connectivity index (χ1) is 9.43. The summed E-state index contributed by atoms with van der Waals surface area (Å²) in [4.78, 5) is 11.4. The Morgan fingerprint density at radius 1 is 1.45 bits per heavy atom. The highest BCUT2D eigenvalue weighted by Gasteiger charge is 2.47. The molecule has 1 aliphatic carbocycles. The summed E-state index contributed by atoms with van der Waals surface area (Å²) in [5.74, 6) is 1.16. The minimum Gasteiger partial charge on any atom is -0.462 e. The molecule has 3 heteroatoms. The SMILES string of the molecule is CCCCC[C@@](C)(O)/C=C/[C@@H]1[C@H]2CC(=O)O[C@H]2C[C@H]1C. The largest absolute Gasteiger partial charge is 0.462 e. The predicted molar refractivity (Wildman–Crippen MR) is 79.2 cm³/mol. The maximum absolute atomic E-state index is 11.4. The zero-order valence-corrected chi connectivity index (χ0v) is 13.0. The number of esters is 1. The summed E-state index contributed by atoms with van der Waals surface area (Å²) in [5.41, 5.74) is -0.726. The molecule has 5 atom stereocenters. The van der Waals surface area contributed by atoms with E-state index in [2.05, 4.69) is 19.9 Å². The van der Waals surface area contributed by atoms with Crippen molar-refractivity contribution in [3.63, 3.8) is 0 Å². The first-order valence-corrected chi connectivity index (χ1v) is 8.04. The van der Waals surface area contributed by atoms with Gasteiger partial charge in [0.1, 0.15) is 6.10 Å². The highest BCUT2D eigenvalue weighted by atomic mass is 16.6. The molecule has 2 fully saturated rings. The van der Waals surface area contributed by atoms with Crippen molar-refractivity contribution in [3.05, 3.63) is 12.2 Å². The van der Waals surface area contributed by atoms with Crippen LogP contribution >= 0.6 is 0 Å². The molecular formula is C17H28O3. The summed E-state index contributed by atoms with van der Waals surface area (Å²) in [6, 6.07) is 0. The summed E-state index contributed by atoms with van der Waals surface area (Å²) in [7, 11) is 0. The van der Waals surface area contributed by atoms with Crippen LogP contribution in [0, 0.1) is 17.8 Å². The third-order valence-corrected chi connectivity index (χ3v) is 4.88. The molecule has 0 spiro atoms. The number of aliphatic hydroxyl groups is 1. The predicted octanol–water partition coefficient (Wildman–Crippen LogP) is 3.46. The van der Waals surface area contributed by atoms with Crippen molar-refractivity contribution in [2.45, 2.75) is 71.0 Å². The van der Waals surface area contributed by atoms with Crippen LogP contribution in [0.25, 0.3) is 0 Å². The number of hydrogen-bond donors (Lipinski definition) is 1. The van der Waals surface area contributed by atoms with Crippen molar-refractivity contribution in [1.29, 1.82) is 0 Å². The number of rotatable bonds is 6. The van der Waals surface area contributed by atoms with Crippen LogP contribution in [-0.4, -0.2) is 22.8 Å². The lowest BCUT2D eigenvalue weighted by atomic mass is 9.86. The second kappa shape index (κ2) is 6.30. The van der Waals surface area contributed by atoms with E-state index in [1.54, 1.807) is 0 Å². The highest BCUT2D eigenvalue weighted by molar-refractivity contribution is 5.72. The fourth-order valence-corrected chi connectivity index (χ4v) is 3.65. The number of allylic oxidation sites excluding steroid dienone is 1. The van der Waals surface area contributed by atoms with Gasteiger partial charge in [-0.3, -0.25) is 4.79 Å². The van der Waals surface area contributed by atoms with Gasteiger partial charge in [0.2, 0.25) is 0 Å². The average Bonchev–Trinajstić information content (AvgIpc) is 2.82. The van der Waals surface area contributed by atoms with Gasteiger partial charge in [0.25, 0.3) is 0 Å². The molecule has 114 valence electrons. The van der Waals surface area contributed by atoms with E-state index in [4.69, 9.17) is 4.74 Å². The highest BCUT2D eigenvalue weighted by Crippen LogP contribution is 2.45. The second-order valence-electron chi connectivity index (χ2n) is 6.86. The summed E-state index contributed by atoms with van der Waals surface area (Å²) >= 11 is 0. The van der Waals surface area contributed by atoms with Crippen LogP contribution in [0.2, 0.25) is 0 Å². The Labute approximate surface area is 122 Å². The average molecular weight is 280 g/mol. The third-order valence-electron chi connectivity index (χ3n) is 4.88. The standard InChI is InChI=1S/C17H28O3/c1-4-5-6-8-17(3,19)9-7-13-12(2)10-15-14(13)11-16(18)20-15/h7,9,12-15,19H,4-6,8,10-11H2,1-3H3/b9-7+/t12-,13+,14-,15+,17-/m1/s1. The molecule has 2 rings (SSSR count). The van der Waals surface area contributed by atoms with E-state index in [9.17, 15) is 9.90 Å². The van der Waals surface area contributed by atoms with E-state index in [1.807, 2.05) is 13.0 Å². The Hall–Kier alpha value is -0.830. The molecule has 0 bridgehead atoms. The number of carbonyl (C=O) groups is 1. The Balaban J connectivity index is 1.94. The van der Waals surface area contributed by atoms with Crippen LogP contribution in [0.3, 0.4) is 0 Å². The van der Waals surface area contributed by atoms with Crippen molar-refractivity contribution < 1.29 is 14.6 Å². The van der Waals surface area contributed by atoms with E-state index in [0.29, 0.717) is 24.2 Å². The van der Waals surface area contributed by atoms with Crippen LogP contribution in [0.15, 0.2) is 12.2 Å². The van der Waals surface area contributed by atoms with Crippen molar-refractivity contribution in [3.8, 4) is 0 Å². The topological polar surface area (TPSA) is 46.5 Å². The van der Waals surface area contributed by atoms with Crippen LogP contribution in [0.4, 0.5) is 0 Å². The smallest absolute Gasteiger partial charge is 0.306 e. The fourth-order valence-electron chi connectivity index (χ4n) is 3.65. The molecular weight excluding hydrogens is 252 g/mol. The maximum atomic E-state index is 11.4. The Morgan fingerprint density at radius 2 is 2.20 bits per heavy atom. The molecule has 3 nitrogen and oxygen atoms in total. The Bertz CT molecular complexity index is 372. The van der Waals surface area contributed by atoms with E-state index < -0.39 is 5.60 Å². The normalized spacial score (nSPS) is 36.1.